The third kappa shape index (κ3) is 4.26. The van der Waals surface area contributed by atoms with Crippen LogP contribution in [0.1, 0.15) is 70.5 Å². The minimum absolute atomic E-state index is 0.256. The van der Waals surface area contributed by atoms with Crippen molar-refractivity contribution in [3.05, 3.63) is 30.4 Å². The van der Waals surface area contributed by atoms with Gasteiger partial charge in [0, 0.05) is 42.9 Å². The molecule has 2 aliphatic rings. The molecule has 1 unspecified atom stereocenters. The van der Waals surface area contributed by atoms with Crippen LogP contribution in [-0.4, -0.2) is 39.0 Å². The first-order valence-electron chi connectivity index (χ1n) is 10.7. The molecule has 0 radical (unpaired) electrons. The number of hydrogen-bond donors (Lipinski definition) is 0. The maximum Gasteiger partial charge on any atom is 0.258 e. The summed E-state index contributed by atoms with van der Waals surface area (Å²) in [5.41, 5.74) is 0.613. The Morgan fingerprint density at radius 2 is 2.00 bits per heavy atom. The summed E-state index contributed by atoms with van der Waals surface area (Å²) in [7, 11) is 0. The first kappa shape index (κ1) is 19.1. The quantitative estimate of drug-likeness (QED) is 0.768. The molecule has 6 heteroatoms. The van der Waals surface area contributed by atoms with Crippen molar-refractivity contribution < 1.29 is 9.32 Å². The molecule has 2 aromatic heterocycles. The van der Waals surface area contributed by atoms with Crippen LogP contribution in [0, 0.1) is 5.92 Å². The largest absolute Gasteiger partial charge is 0.342 e. The Bertz CT molecular complexity index is 785. The van der Waals surface area contributed by atoms with Gasteiger partial charge in [-0.25, -0.2) is 0 Å². The van der Waals surface area contributed by atoms with Crippen molar-refractivity contribution in [3.8, 4) is 11.5 Å². The van der Waals surface area contributed by atoms with E-state index in [4.69, 9.17) is 4.52 Å². The van der Waals surface area contributed by atoms with Gasteiger partial charge in [0.2, 0.25) is 5.91 Å². The van der Waals surface area contributed by atoms with Crippen LogP contribution in [0.2, 0.25) is 0 Å². The summed E-state index contributed by atoms with van der Waals surface area (Å²) in [4.78, 5) is 23.5. The molecule has 4 rings (SSSR count). The van der Waals surface area contributed by atoms with Crippen LogP contribution in [0.25, 0.3) is 11.5 Å². The Labute approximate surface area is 166 Å². The number of aromatic nitrogens is 3. The lowest BCUT2D eigenvalue weighted by molar-refractivity contribution is -0.133. The van der Waals surface area contributed by atoms with Gasteiger partial charge in [-0.2, -0.15) is 4.98 Å². The van der Waals surface area contributed by atoms with Crippen LogP contribution >= 0.6 is 0 Å². The lowest BCUT2D eigenvalue weighted by atomic mass is 9.80. The first-order chi connectivity index (χ1) is 13.6. The summed E-state index contributed by atoms with van der Waals surface area (Å²) >= 11 is 0. The van der Waals surface area contributed by atoms with Crippen molar-refractivity contribution in [2.75, 3.05) is 13.1 Å². The second-order valence-electron chi connectivity index (χ2n) is 8.68. The Morgan fingerprint density at radius 3 is 2.79 bits per heavy atom. The summed E-state index contributed by atoms with van der Waals surface area (Å²) in [5, 5.41) is 4.26. The molecule has 3 heterocycles. The second-order valence-corrected chi connectivity index (χ2v) is 8.68. The summed E-state index contributed by atoms with van der Waals surface area (Å²) < 4.78 is 5.50. The van der Waals surface area contributed by atoms with Gasteiger partial charge in [0.1, 0.15) is 0 Å². The van der Waals surface area contributed by atoms with E-state index in [2.05, 4.69) is 22.0 Å². The van der Waals surface area contributed by atoms with Crippen LogP contribution in [0.4, 0.5) is 0 Å². The third-order valence-electron chi connectivity index (χ3n) is 6.43. The summed E-state index contributed by atoms with van der Waals surface area (Å²) in [6.45, 7) is 3.66. The fourth-order valence-electron chi connectivity index (χ4n) is 4.68. The van der Waals surface area contributed by atoms with Crippen molar-refractivity contribution in [1.29, 1.82) is 0 Å². The molecule has 1 aliphatic heterocycles. The lowest BCUT2D eigenvalue weighted by Crippen LogP contribution is -2.47. The van der Waals surface area contributed by atoms with Crippen molar-refractivity contribution >= 4 is 5.91 Å². The van der Waals surface area contributed by atoms with Gasteiger partial charge >= 0.3 is 0 Å². The van der Waals surface area contributed by atoms with Gasteiger partial charge in [-0.1, -0.05) is 44.2 Å². The molecule has 0 aromatic carbocycles. The molecule has 0 bridgehead atoms. The maximum absolute atomic E-state index is 12.8. The fourth-order valence-corrected chi connectivity index (χ4v) is 4.68. The number of nitrogens with zero attached hydrogens (tertiary/aromatic N) is 4. The first-order valence-corrected chi connectivity index (χ1v) is 10.7. The Kier molecular flexibility index (Phi) is 5.74. The molecule has 2 aromatic rings. The van der Waals surface area contributed by atoms with Gasteiger partial charge in [0.15, 0.2) is 5.82 Å². The van der Waals surface area contributed by atoms with Gasteiger partial charge in [-0.05, 0) is 37.3 Å². The zero-order valence-corrected chi connectivity index (χ0v) is 16.8. The molecule has 28 heavy (non-hydrogen) atoms. The predicted octanol–water partition coefficient (Wildman–Crippen LogP) is 4.37. The molecule has 0 spiro atoms. The van der Waals surface area contributed by atoms with Gasteiger partial charge < -0.3 is 9.42 Å². The van der Waals surface area contributed by atoms with Gasteiger partial charge in [0.05, 0.1) is 0 Å². The van der Waals surface area contributed by atoms with Gasteiger partial charge in [-0.15, -0.1) is 0 Å². The standard InChI is InChI=1S/C22H30N4O2/c1-22(21-24-20(28-25-21)18-10-13-23-14-11-18)12-5-15-26(16-22)19(27)9-8-17-6-3-2-4-7-17/h10-11,13-14,17H,2-9,12,15-16H2,1H3. The van der Waals surface area contributed by atoms with Crippen molar-refractivity contribution in [1.82, 2.24) is 20.0 Å². The molecule has 2 fully saturated rings. The highest BCUT2D eigenvalue weighted by Gasteiger charge is 2.38. The molecular formula is C22H30N4O2. The van der Waals surface area contributed by atoms with Crippen molar-refractivity contribution in [3.63, 3.8) is 0 Å². The van der Waals surface area contributed by atoms with E-state index < -0.39 is 0 Å². The Morgan fingerprint density at radius 1 is 1.21 bits per heavy atom. The van der Waals surface area contributed by atoms with Crippen LogP contribution in [0.3, 0.4) is 0 Å². The highest BCUT2D eigenvalue weighted by Crippen LogP contribution is 2.34. The van der Waals surface area contributed by atoms with Crippen LogP contribution in [0.5, 0.6) is 0 Å². The number of likely N-dealkylation sites (tertiary alicyclic amines) is 1. The van der Waals surface area contributed by atoms with Crippen molar-refractivity contribution in [2.24, 2.45) is 5.92 Å². The molecule has 1 atom stereocenters. The van der Waals surface area contributed by atoms with E-state index in [1.807, 2.05) is 17.0 Å². The molecular weight excluding hydrogens is 352 g/mol. The van der Waals surface area contributed by atoms with E-state index in [0.29, 0.717) is 24.7 Å². The number of amides is 1. The number of hydrogen-bond acceptors (Lipinski definition) is 5. The topological polar surface area (TPSA) is 72.1 Å². The SMILES string of the molecule is CC1(c2noc(-c3ccncc3)n2)CCCN(C(=O)CCC2CCCCC2)C1. The van der Waals surface area contributed by atoms with Crippen LogP contribution in [-0.2, 0) is 10.2 Å². The number of piperidine rings is 1. The highest BCUT2D eigenvalue weighted by atomic mass is 16.5. The lowest BCUT2D eigenvalue weighted by Gasteiger charge is -2.38. The highest BCUT2D eigenvalue weighted by molar-refractivity contribution is 5.76. The smallest absolute Gasteiger partial charge is 0.258 e. The number of carbonyl (C=O) groups is 1. The molecule has 1 saturated carbocycles. The number of pyridine rings is 1. The average Bonchev–Trinajstić information content (AvgIpc) is 3.25. The number of carbonyl (C=O) groups excluding carboxylic acids is 1. The van der Waals surface area contributed by atoms with E-state index in [1.165, 1.54) is 32.1 Å². The predicted molar refractivity (Wildman–Crippen MR) is 107 cm³/mol. The van der Waals surface area contributed by atoms with Crippen molar-refractivity contribution in [2.45, 2.75) is 70.1 Å². The van der Waals surface area contributed by atoms with E-state index in [1.54, 1.807) is 12.4 Å². The fraction of sp³-hybridized carbons (Fsp3) is 0.636. The zero-order valence-electron chi connectivity index (χ0n) is 16.8. The van der Waals surface area contributed by atoms with Crippen LogP contribution < -0.4 is 0 Å². The monoisotopic (exact) mass is 382 g/mol. The normalized spacial score (nSPS) is 23.7. The Balaban J connectivity index is 1.39. The molecule has 0 N–H and O–H groups in total. The van der Waals surface area contributed by atoms with E-state index in [-0.39, 0.29) is 11.3 Å². The minimum atomic E-state index is -0.256. The summed E-state index contributed by atoms with van der Waals surface area (Å²) in [5.74, 6) is 2.24. The van der Waals surface area contributed by atoms with E-state index in [0.717, 1.165) is 37.3 Å². The summed E-state index contributed by atoms with van der Waals surface area (Å²) in [6.07, 6.45) is 13.7. The molecule has 1 saturated heterocycles. The van der Waals surface area contributed by atoms with Gasteiger partial charge in [-0.3, -0.25) is 9.78 Å². The maximum atomic E-state index is 12.8. The van der Waals surface area contributed by atoms with Gasteiger partial charge in [0.25, 0.3) is 5.89 Å². The molecule has 1 amide bonds. The van der Waals surface area contributed by atoms with E-state index in [9.17, 15) is 4.79 Å². The van der Waals surface area contributed by atoms with Crippen LogP contribution in [0.15, 0.2) is 29.0 Å². The average molecular weight is 383 g/mol. The third-order valence-corrected chi connectivity index (χ3v) is 6.43. The molecule has 1 aliphatic carbocycles. The zero-order chi connectivity index (χ0) is 19.4. The van der Waals surface area contributed by atoms with E-state index >= 15 is 0 Å². The molecule has 6 nitrogen and oxygen atoms in total. The Hall–Kier alpha value is -2.24. The molecule has 150 valence electrons. The minimum Gasteiger partial charge on any atom is -0.342 e. The second kappa shape index (κ2) is 8.41. The summed E-state index contributed by atoms with van der Waals surface area (Å²) in [6, 6.07) is 3.73. The number of rotatable bonds is 5.